The van der Waals surface area contributed by atoms with E-state index in [-0.39, 0.29) is 11.5 Å². The molecular weight excluding hydrogens is 319 g/mol. The van der Waals surface area contributed by atoms with Crippen LogP contribution in [0.1, 0.15) is 11.1 Å². The summed E-state index contributed by atoms with van der Waals surface area (Å²) in [5.74, 6) is 0.505. The number of rotatable bonds is 4. The third-order valence-corrected chi connectivity index (χ3v) is 4.36. The molecule has 0 N–H and O–H groups in total. The Morgan fingerprint density at radius 3 is 2.22 bits per heavy atom. The van der Waals surface area contributed by atoms with Gasteiger partial charge >= 0.3 is 0 Å². The SMILES string of the molecule is Cc1cc(OC/C(Cl)=C/Cl)cc(C)c1S(=O)(=O)Cl. The van der Waals surface area contributed by atoms with Gasteiger partial charge in [-0.05, 0) is 37.1 Å². The highest BCUT2D eigenvalue weighted by Gasteiger charge is 2.17. The number of hydrogen-bond donors (Lipinski definition) is 0. The Morgan fingerprint density at radius 2 is 1.83 bits per heavy atom. The molecule has 0 radical (unpaired) electrons. The van der Waals surface area contributed by atoms with Crippen molar-refractivity contribution in [1.82, 2.24) is 0 Å². The lowest BCUT2D eigenvalue weighted by Gasteiger charge is -2.11. The number of ether oxygens (including phenoxy) is 1. The van der Waals surface area contributed by atoms with Crippen molar-refractivity contribution in [2.45, 2.75) is 18.7 Å². The molecule has 0 saturated carbocycles. The van der Waals surface area contributed by atoms with Crippen LogP contribution in [0.3, 0.4) is 0 Å². The molecule has 100 valence electrons. The van der Waals surface area contributed by atoms with E-state index in [1.54, 1.807) is 26.0 Å². The molecule has 1 aromatic carbocycles. The van der Waals surface area contributed by atoms with Gasteiger partial charge in [0, 0.05) is 16.2 Å². The van der Waals surface area contributed by atoms with E-state index in [9.17, 15) is 8.42 Å². The molecule has 1 aromatic rings. The lowest BCUT2D eigenvalue weighted by atomic mass is 10.1. The molecule has 0 bridgehead atoms. The van der Waals surface area contributed by atoms with Crippen molar-refractivity contribution < 1.29 is 13.2 Å². The predicted octanol–water partition coefficient (Wildman–Crippen LogP) is 3.93. The highest BCUT2D eigenvalue weighted by Crippen LogP contribution is 2.28. The fraction of sp³-hybridized carbons (Fsp3) is 0.273. The molecule has 0 saturated heterocycles. The Bertz CT molecular complexity index is 556. The summed E-state index contributed by atoms with van der Waals surface area (Å²) in [6.45, 7) is 3.42. The van der Waals surface area contributed by atoms with Crippen LogP contribution in [0.5, 0.6) is 5.75 Å². The van der Waals surface area contributed by atoms with Crippen LogP contribution < -0.4 is 4.74 Å². The van der Waals surface area contributed by atoms with E-state index in [4.69, 9.17) is 38.6 Å². The Hall–Kier alpha value is -0.420. The maximum atomic E-state index is 11.4. The summed E-state index contributed by atoms with van der Waals surface area (Å²) >= 11 is 11.1. The molecule has 0 heterocycles. The summed E-state index contributed by atoms with van der Waals surface area (Å²) in [4.78, 5) is 0.107. The molecule has 0 aliphatic heterocycles. The maximum absolute atomic E-state index is 11.4. The molecule has 0 unspecified atom stereocenters. The van der Waals surface area contributed by atoms with Gasteiger partial charge in [0.25, 0.3) is 9.05 Å². The van der Waals surface area contributed by atoms with Crippen LogP contribution in [-0.2, 0) is 9.05 Å². The first-order valence-electron chi connectivity index (χ1n) is 4.89. The van der Waals surface area contributed by atoms with E-state index in [1.165, 1.54) is 5.54 Å². The van der Waals surface area contributed by atoms with Crippen LogP contribution in [-0.4, -0.2) is 15.0 Å². The number of aryl methyl sites for hydroxylation is 2. The van der Waals surface area contributed by atoms with Crippen molar-refractivity contribution in [3.8, 4) is 5.75 Å². The molecule has 3 nitrogen and oxygen atoms in total. The van der Waals surface area contributed by atoms with Crippen LogP contribution in [0.25, 0.3) is 0 Å². The highest BCUT2D eigenvalue weighted by molar-refractivity contribution is 8.13. The number of hydrogen-bond acceptors (Lipinski definition) is 3. The third-order valence-electron chi connectivity index (χ3n) is 2.17. The second kappa shape index (κ2) is 6.15. The maximum Gasteiger partial charge on any atom is 0.261 e. The molecule has 7 heteroatoms. The van der Waals surface area contributed by atoms with Crippen molar-refractivity contribution in [3.63, 3.8) is 0 Å². The molecule has 0 fully saturated rings. The largest absolute Gasteiger partial charge is 0.488 e. The average molecular weight is 330 g/mol. The van der Waals surface area contributed by atoms with Gasteiger partial charge in [0.15, 0.2) is 0 Å². The Kier molecular flexibility index (Phi) is 5.34. The third kappa shape index (κ3) is 4.05. The summed E-state index contributed by atoms with van der Waals surface area (Å²) < 4.78 is 28.1. The van der Waals surface area contributed by atoms with Gasteiger partial charge in [-0.15, -0.1) is 0 Å². The topological polar surface area (TPSA) is 43.4 Å². The first-order chi connectivity index (χ1) is 8.25. The van der Waals surface area contributed by atoms with Crippen LogP contribution in [0, 0.1) is 13.8 Å². The van der Waals surface area contributed by atoms with Gasteiger partial charge in [-0.1, -0.05) is 23.2 Å². The van der Waals surface area contributed by atoms with Gasteiger partial charge in [-0.25, -0.2) is 8.42 Å². The average Bonchev–Trinajstić information content (AvgIpc) is 2.22. The summed E-state index contributed by atoms with van der Waals surface area (Å²) in [6.07, 6.45) is 0. The zero-order chi connectivity index (χ0) is 13.9. The van der Waals surface area contributed by atoms with Gasteiger partial charge in [-0.2, -0.15) is 0 Å². The van der Waals surface area contributed by atoms with Crippen LogP contribution in [0.2, 0.25) is 0 Å². The van der Waals surface area contributed by atoms with E-state index in [1.807, 2.05) is 0 Å². The monoisotopic (exact) mass is 328 g/mol. The Morgan fingerprint density at radius 1 is 1.33 bits per heavy atom. The van der Waals surface area contributed by atoms with Crippen molar-refractivity contribution in [2.24, 2.45) is 0 Å². The van der Waals surface area contributed by atoms with Crippen molar-refractivity contribution in [3.05, 3.63) is 33.8 Å². The molecule has 0 aromatic heterocycles. The smallest absolute Gasteiger partial charge is 0.261 e. The molecule has 18 heavy (non-hydrogen) atoms. The van der Waals surface area contributed by atoms with Gasteiger partial charge < -0.3 is 4.74 Å². The van der Waals surface area contributed by atoms with Crippen molar-refractivity contribution >= 4 is 42.9 Å². The van der Waals surface area contributed by atoms with Crippen LogP contribution in [0.15, 0.2) is 27.6 Å². The molecule has 0 amide bonds. The Balaban J connectivity index is 3.08. The number of benzene rings is 1. The van der Waals surface area contributed by atoms with Crippen LogP contribution in [0.4, 0.5) is 0 Å². The molecule has 1 rings (SSSR count). The first kappa shape index (κ1) is 15.6. The fourth-order valence-corrected chi connectivity index (χ4v) is 3.30. The summed E-state index contributed by atoms with van der Waals surface area (Å²) in [5.41, 5.74) is 2.25. The lowest BCUT2D eigenvalue weighted by Crippen LogP contribution is -2.02. The lowest BCUT2D eigenvalue weighted by molar-refractivity contribution is 0.358. The van der Waals surface area contributed by atoms with E-state index < -0.39 is 9.05 Å². The second-order valence-electron chi connectivity index (χ2n) is 3.67. The van der Waals surface area contributed by atoms with Crippen molar-refractivity contribution in [1.29, 1.82) is 0 Å². The zero-order valence-corrected chi connectivity index (χ0v) is 12.8. The molecule has 0 aliphatic carbocycles. The minimum Gasteiger partial charge on any atom is -0.488 e. The van der Waals surface area contributed by atoms with E-state index in [0.717, 1.165) is 0 Å². The molecule has 0 atom stereocenters. The molecule has 0 spiro atoms. The Labute approximate surface area is 121 Å². The minimum atomic E-state index is -3.76. The summed E-state index contributed by atoms with van der Waals surface area (Å²) in [5, 5.41) is 0.348. The van der Waals surface area contributed by atoms with E-state index in [2.05, 4.69) is 0 Å². The fourth-order valence-electron chi connectivity index (χ4n) is 1.56. The van der Waals surface area contributed by atoms with Gasteiger partial charge in [0.05, 0.1) is 9.93 Å². The predicted molar refractivity (Wildman–Crippen MR) is 74.2 cm³/mol. The highest BCUT2D eigenvalue weighted by atomic mass is 35.7. The van der Waals surface area contributed by atoms with E-state index in [0.29, 0.717) is 21.9 Å². The van der Waals surface area contributed by atoms with Gasteiger partial charge in [-0.3, -0.25) is 0 Å². The zero-order valence-electron chi connectivity index (χ0n) is 9.71. The first-order valence-corrected chi connectivity index (χ1v) is 8.01. The van der Waals surface area contributed by atoms with Crippen molar-refractivity contribution in [2.75, 3.05) is 6.61 Å². The quantitative estimate of drug-likeness (QED) is 0.786. The standard InChI is InChI=1S/C11H11Cl3O3S/c1-7-3-10(17-6-9(13)5-12)4-8(2)11(7)18(14,15)16/h3-5H,6H2,1-2H3/b9-5-. The van der Waals surface area contributed by atoms with Gasteiger partial charge in [0.1, 0.15) is 12.4 Å². The normalized spacial score (nSPS) is 12.6. The van der Waals surface area contributed by atoms with E-state index >= 15 is 0 Å². The molecule has 0 aliphatic rings. The summed E-state index contributed by atoms with van der Waals surface area (Å²) in [7, 11) is 1.60. The summed E-state index contributed by atoms with van der Waals surface area (Å²) in [6, 6.07) is 3.17. The number of halogens is 3. The van der Waals surface area contributed by atoms with Gasteiger partial charge in [0.2, 0.25) is 0 Å². The minimum absolute atomic E-state index is 0.107. The molecular formula is C11H11Cl3O3S. The second-order valence-corrected chi connectivity index (χ2v) is 6.88. The van der Waals surface area contributed by atoms with Crippen LogP contribution >= 0.6 is 33.9 Å².